The Bertz CT molecular complexity index is 1440. The number of benzene rings is 1. The van der Waals surface area contributed by atoms with Crippen LogP contribution in [0.4, 0.5) is 0 Å². The van der Waals surface area contributed by atoms with Crippen molar-refractivity contribution in [2.45, 2.75) is 13.8 Å². The third kappa shape index (κ3) is 2.02. The summed E-state index contributed by atoms with van der Waals surface area (Å²) in [6.07, 6.45) is 1.72. The van der Waals surface area contributed by atoms with Crippen molar-refractivity contribution >= 4 is 45.1 Å². The zero-order chi connectivity index (χ0) is 18.9. The third-order valence-electron chi connectivity index (χ3n) is 4.73. The highest BCUT2D eigenvalue weighted by molar-refractivity contribution is 7.13. The predicted molar refractivity (Wildman–Crippen MR) is 104 cm³/mol. The van der Waals surface area contributed by atoms with Gasteiger partial charge in [0.1, 0.15) is 21.7 Å². The van der Waals surface area contributed by atoms with E-state index in [0.29, 0.717) is 27.8 Å². The summed E-state index contributed by atoms with van der Waals surface area (Å²) in [7, 11) is 0. The van der Waals surface area contributed by atoms with Crippen LogP contribution in [-0.4, -0.2) is 30.2 Å². The quantitative estimate of drug-likeness (QED) is 0.437. The maximum Gasteiger partial charge on any atom is 0.254 e. The smallest absolute Gasteiger partial charge is 0.254 e. The molecule has 4 N–H and O–H groups in total. The molecule has 0 spiro atoms. The topological polar surface area (TPSA) is 122 Å². The molecule has 8 nitrogen and oxygen atoms in total. The number of aromatic nitrogens is 5. The van der Waals surface area contributed by atoms with Gasteiger partial charge < -0.3 is 15.7 Å². The lowest BCUT2D eigenvalue weighted by atomic mass is 10.2. The van der Waals surface area contributed by atoms with Crippen molar-refractivity contribution in [1.29, 1.82) is 0 Å². The number of amides is 1. The molecule has 0 saturated heterocycles. The van der Waals surface area contributed by atoms with E-state index in [9.17, 15) is 9.59 Å². The molecule has 0 radical (unpaired) electrons. The van der Waals surface area contributed by atoms with Gasteiger partial charge in [-0.3, -0.25) is 14.0 Å². The summed E-state index contributed by atoms with van der Waals surface area (Å²) < 4.78 is 1.79. The molecule has 0 bridgehead atoms. The molecule has 0 fully saturated rings. The van der Waals surface area contributed by atoms with Gasteiger partial charge in [0, 0.05) is 17.3 Å². The number of carbonyl (C=O) groups excluding carboxylic acids is 1. The van der Waals surface area contributed by atoms with Crippen LogP contribution in [0.15, 0.2) is 28.5 Å². The maximum atomic E-state index is 12.3. The molecule has 27 heavy (non-hydrogen) atoms. The summed E-state index contributed by atoms with van der Waals surface area (Å²) in [5, 5.41) is 2.68. The summed E-state index contributed by atoms with van der Waals surface area (Å²) in [5.41, 5.74) is 10.8. The number of hydrogen-bond donors (Lipinski definition) is 3. The van der Waals surface area contributed by atoms with Gasteiger partial charge in [-0.05, 0) is 25.5 Å². The highest BCUT2D eigenvalue weighted by Crippen LogP contribution is 2.32. The fourth-order valence-corrected chi connectivity index (χ4v) is 4.23. The minimum Gasteiger partial charge on any atom is -0.365 e. The van der Waals surface area contributed by atoms with Gasteiger partial charge in [-0.1, -0.05) is 6.07 Å². The fourth-order valence-electron chi connectivity index (χ4n) is 3.53. The monoisotopic (exact) mass is 378 g/mol. The molecule has 5 aromatic rings. The number of H-pyrrole nitrogens is 2. The summed E-state index contributed by atoms with van der Waals surface area (Å²) in [4.78, 5) is 40.0. The summed E-state index contributed by atoms with van der Waals surface area (Å²) in [6, 6.07) is 3.24. The number of imidazole rings is 1. The van der Waals surface area contributed by atoms with Crippen LogP contribution < -0.4 is 11.2 Å². The Morgan fingerprint density at radius 3 is 2.78 bits per heavy atom. The van der Waals surface area contributed by atoms with Crippen molar-refractivity contribution in [1.82, 2.24) is 24.3 Å². The Labute approximate surface area is 155 Å². The number of fused-ring (bicyclic) bond motifs is 5. The van der Waals surface area contributed by atoms with E-state index in [1.165, 1.54) is 17.4 Å². The van der Waals surface area contributed by atoms with Gasteiger partial charge in [-0.25, -0.2) is 9.97 Å². The van der Waals surface area contributed by atoms with E-state index in [2.05, 4.69) is 19.9 Å². The normalized spacial score (nSPS) is 11.8. The van der Waals surface area contributed by atoms with Crippen molar-refractivity contribution in [3.63, 3.8) is 0 Å². The number of rotatable bonds is 2. The molecule has 0 aliphatic rings. The van der Waals surface area contributed by atoms with Gasteiger partial charge in [0.25, 0.3) is 5.91 Å². The Morgan fingerprint density at radius 1 is 1.26 bits per heavy atom. The predicted octanol–water partition coefficient (Wildman–Crippen LogP) is 2.50. The third-order valence-corrected chi connectivity index (χ3v) is 5.52. The zero-order valence-corrected chi connectivity index (χ0v) is 15.3. The zero-order valence-electron chi connectivity index (χ0n) is 14.5. The standard InChI is InChI=1S/C18H14N6O2S/c1-7-3-4-9(25)12-14(7)24-16(23-12)10(15(19)26)13-17(24)21-8(2)11(22-13)18-20-5-6-27-18/h3-6,21-22H,1-2H3,(H2,19,26). The molecular formula is C18H14N6O2S. The summed E-state index contributed by atoms with van der Waals surface area (Å²) in [5.74, 6) is -0.617. The molecule has 0 saturated carbocycles. The molecule has 0 atom stereocenters. The van der Waals surface area contributed by atoms with E-state index >= 15 is 0 Å². The molecule has 134 valence electrons. The highest BCUT2D eigenvalue weighted by atomic mass is 32.1. The van der Waals surface area contributed by atoms with Crippen LogP contribution in [-0.2, 0) is 0 Å². The molecule has 0 unspecified atom stereocenters. The van der Waals surface area contributed by atoms with E-state index in [-0.39, 0.29) is 11.0 Å². The Hall–Kier alpha value is -3.46. The lowest BCUT2D eigenvalue weighted by Gasteiger charge is -2.06. The second kappa shape index (κ2) is 5.27. The van der Waals surface area contributed by atoms with Gasteiger partial charge in [0.15, 0.2) is 5.65 Å². The van der Waals surface area contributed by atoms with Crippen LogP contribution in [0.3, 0.4) is 0 Å². The van der Waals surface area contributed by atoms with Gasteiger partial charge in [0.2, 0.25) is 5.43 Å². The first-order chi connectivity index (χ1) is 13.0. The molecule has 4 aromatic heterocycles. The molecule has 0 aliphatic heterocycles. The minimum atomic E-state index is -0.617. The van der Waals surface area contributed by atoms with Crippen molar-refractivity contribution in [2.24, 2.45) is 5.73 Å². The molecule has 4 heterocycles. The lowest BCUT2D eigenvalue weighted by molar-refractivity contribution is 0.100. The van der Waals surface area contributed by atoms with Crippen LogP contribution in [0, 0.1) is 13.8 Å². The number of hydrogen-bond acceptors (Lipinski definition) is 5. The number of primary amides is 1. The molecule has 9 heteroatoms. The second-order valence-electron chi connectivity index (χ2n) is 6.40. The SMILES string of the molecule is Cc1[nH]c2c([nH]c1-c1nccs1)c(C(N)=O)c1nc3c(=O)ccc(C)c3n12. The van der Waals surface area contributed by atoms with Crippen LogP contribution >= 0.6 is 11.3 Å². The number of nitrogens with one attached hydrogen (secondary N) is 2. The van der Waals surface area contributed by atoms with E-state index < -0.39 is 5.91 Å². The second-order valence-corrected chi connectivity index (χ2v) is 7.29. The van der Waals surface area contributed by atoms with Crippen molar-refractivity contribution in [3.05, 3.63) is 50.8 Å². The minimum absolute atomic E-state index is 0.192. The van der Waals surface area contributed by atoms with E-state index in [0.717, 1.165) is 22.0 Å². The van der Waals surface area contributed by atoms with Crippen LogP contribution in [0.2, 0.25) is 0 Å². The highest BCUT2D eigenvalue weighted by Gasteiger charge is 2.24. The average Bonchev–Trinajstić information content (AvgIpc) is 3.32. The van der Waals surface area contributed by atoms with Crippen LogP contribution in [0.25, 0.3) is 38.5 Å². The van der Waals surface area contributed by atoms with E-state index in [4.69, 9.17) is 5.73 Å². The molecule has 1 aromatic carbocycles. The van der Waals surface area contributed by atoms with Gasteiger partial charge in [0.05, 0.1) is 16.7 Å². The first kappa shape index (κ1) is 15.8. The van der Waals surface area contributed by atoms with Gasteiger partial charge in [-0.15, -0.1) is 11.3 Å². The number of thiazole rings is 1. The first-order valence-electron chi connectivity index (χ1n) is 8.23. The molecule has 1 amide bonds. The van der Waals surface area contributed by atoms with Crippen LogP contribution in [0.1, 0.15) is 21.6 Å². The lowest BCUT2D eigenvalue weighted by Crippen LogP contribution is -2.11. The fraction of sp³-hybridized carbons (Fsp3) is 0.111. The number of aromatic amines is 2. The van der Waals surface area contributed by atoms with E-state index in [1.807, 2.05) is 19.2 Å². The van der Waals surface area contributed by atoms with E-state index in [1.54, 1.807) is 16.7 Å². The van der Waals surface area contributed by atoms with Crippen molar-refractivity contribution < 1.29 is 4.79 Å². The number of nitrogens with zero attached hydrogens (tertiary/aromatic N) is 3. The maximum absolute atomic E-state index is 12.3. The summed E-state index contributed by atoms with van der Waals surface area (Å²) >= 11 is 1.49. The number of aryl methyl sites for hydroxylation is 2. The Kier molecular flexibility index (Phi) is 3.08. The molecular weight excluding hydrogens is 364 g/mol. The Morgan fingerprint density at radius 2 is 2.07 bits per heavy atom. The van der Waals surface area contributed by atoms with Crippen molar-refractivity contribution in [2.75, 3.05) is 0 Å². The molecule has 0 aliphatic carbocycles. The Balaban J connectivity index is 2.04. The first-order valence-corrected chi connectivity index (χ1v) is 9.11. The number of carbonyl (C=O) groups is 1. The van der Waals surface area contributed by atoms with Crippen LogP contribution in [0.5, 0.6) is 0 Å². The van der Waals surface area contributed by atoms with Gasteiger partial charge in [-0.2, -0.15) is 0 Å². The number of nitrogens with two attached hydrogens (primary N) is 1. The largest absolute Gasteiger partial charge is 0.365 e. The van der Waals surface area contributed by atoms with Gasteiger partial charge >= 0.3 is 0 Å². The van der Waals surface area contributed by atoms with Crippen molar-refractivity contribution in [3.8, 4) is 10.7 Å². The average molecular weight is 378 g/mol. The molecule has 5 rings (SSSR count). The summed E-state index contributed by atoms with van der Waals surface area (Å²) in [6.45, 7) is 3.82.